The van der Waals surface area contributed by atoms with Gasteiger partial charge in [0.1, 0.15) is 5.75 Å². The molecule has 3 aromatic rings. The Labute approximate surface area is 104 Å². The number of hydrogen-bond donors (Lipinski definition) is 1. The van der Waals surface area contributed by atoms with E-state index in [9.17, 15) is 4.79 Å². The van der Waals surface area contributed by atoms with Crippen molar-refractivity contribution in [1.82, 2.24) is 4.98 Å². The van der Waals surface area contributed by atoms with Gasteiger partial charge in [-0.05, 0) is 43.3 Å². The van der Waals surface area contributed by atoms with E-state index in [1.165, 1.54) is 0 Å². The molecule has 0 bridgehead atoms. The highest BCUT2D eigenvalue weighted by molar-refractivity contribution is 6.10. The SMILES string of the molecule is COc1ccc2[nH]c3ccc(C(C)=O)cc3c2c1. The summed E-state index contributed by atoms with van der Waals surface area (Å²) < 4.78 is 5.24. The summed E-state index contributed by atoms with van der Waals surface area (Å²) in [5.41, 5.74) is 2.81. The summed E-state index contributed by atoms with van der Waals surface area (Å²) in [5.74, 6) is 0.894. The molecule has 0 spiro atoms. The summed E-state index contributed by atoms with van der Waals surface area (Å²) in [5, 5.41) is 2.13. The summed E-state index contributed by atoms with van der Waals surface area (Å²) in [4.78, 5) is 14.8. The van der Waals surface area contributed by atoms with Gasteiger partial charge in [0.05, 0.1) is 7.11 Å². The number of nitrogens with one attached hydrogen (secondary N) is 1. The maximum Gasteiger partial charge on any atom is 0.159 e. The van der Waals surface area contributed by atoms with Crippen molar-refractivity contribution in [1.29, 1.82) is 0 Å². The van der Waals surface area contributed by atoms with Crippen LogP contribution in [0.5, 0.6) is 5.75 Å². The van der Waals surface area contributed by atoms with E-state index in [1.54, 1.807) is 14.0 Å². The van der Waals surface area contributed by atoms with E-state index < -0.39 is 0 Å². The number of ketones is 1. The second-order valence-electron chi connectivity index (χ2n) is 4.35. The van der Waals surface area contributed by atoms with Gasteiger partial charge in [0.2, 0.25) is 0 Å². The number of carbonyl (C=O) groups is 1. The van der Waals surface area contributed by atoms with Crippen molar-refractivity contribution in [3.8, 4) is 5.75 Å². The Hall–Kier alpha value is -2.29. The summed E-state index contributed by atoms with van der Waals surface area (Å²) in [6.07, 6.45) is 0. The minimum atomic E-state index is 0.0779. The number of carbonyl (C=O) groups excluding carboxylic acids is 1. The number of methoxy groups -OCH3 is 1. The number of aromatic amines is 1. The molecule has 0 radical (unpaired) electrons. The van der Waals surface area contributed by atoms with Crippen LogP contribution in [0.3, 0.4) is 0 Å². The van der Waals surface area contributed by atoms with E-state index in [0.29, 0.717) is 0 Å². The van der Waals surface area contributed by atoms with Gasteiger partial charge in [-0.15, -0.1) is 0 Å². The van der Waals surface area contributed by atoms with Crippen molar-refractivity contribution in [3.63, 3.8) is 0 Å². The van der Waals surface area contributed by atoms with Gasteiger partial charge in [-0.1, -0.05) is 0 Å². The summed E-state index contributed by atoms with van der Waals surface area (Å²) in [7, 11) is 1.65. The number of aromatic nitrogens is 1. The van der Waals surface area contributed by atoms with Crippen LogP contribution in [0.25, 0.3) is 21.8 Å². The van der Waals surface area contributed by atoms with E-state index >= 15 is 0 Å². The lowest BCUT2D eigenvalue weighted by atomic mass is 10.1. The lowest BCUT2D eigenvalue weighted by molar-refractivity contribution is 0.101. The van der Waals surface area contributed by atoms with Crippen LogP contribution in [0.1, 0.15) is 17.3 Å². The fraction of sp³-hybridized carbons (Fsp3) is 0.133. The van der Waals surface area contributed by atoms with Crippen molar-refractivity contribution in [2.45, 2.75) is 6.92 Å². The summed E-state index contributed by atoms with van der Waals surface area (Å²) in [6.45, 7) is 1.58. The number of H-pyrrole nitrogens is 1. The monoisotopic (exact) mass is 239 g/mol. The molecule has 3 nitrogen and oxygen atoms in total. The summed E-state index contributed by atoms with van der Waals surface area (Å²) >= 11 is 0. The lowest BCUT2D eigenvalue weighted by Gasteiger charge is -1.99. The zero-order chi connectivity index (χ0) is 12.7. The molecule has 0 amide bonds. The predicted molar refractivity (Wildman–Crippen MR) is 72.4 cm³/mol. The minimum Gasteiger partial charge on any atom is -0.497 e. The maximum atomic E-state index is 11.4. The number of hydrogen-bond acceptors (Lipinski definition) is 2. The zero-order valence-corrected chi connectivity index (χ0v) is 10.3. The molecule has 90 valence electrons. The highest BCUT2D eigenvalue weighted by Crippen LogP contribution is 2.29. The Morgan fingerprint density at radius 3 is 2.39 bits per heavy atom. The molecule has 1 N–H and O–H groups in total. The first kappa shape index (κ1) is 10.8. The third-order valence-electron chi connectivity index (χ3n) is 3.21. The van der Waals surface area contributed by atoms with E-state index in [1.807, 2.05) is 36.4 Å². The molecule has 0 saturated carbocycles. The van der Waals surface area contributed by atoms with Gasteiger partial charge in [0, 0.05) is 27.4 Å². The fourth-order valence-electron chi connectivity index (χ4n) is 2.22. The molecule has 3 heteroatoms. The van der Waals surface area contributed by atoms with E-state index in [0.717, 1.165) is 33.1 Å². The topological polar surface area (TPSA) is 42.1 Å². The number of fused-ring (bicyclic) bond motifs is 3. The molecular weight excluding hydrogens is 226 g/mol. The molecule has 0 fully saturated rings. The highest BCUT2D eigenvalue weighted by Gasteiger charge is 2.07. The average Bonchev–Trinajstić information content (AvgIpc) is 2.75. The standard InChI is InChI=1S/C15H13NO2/c1-9(17)10-3-5-14-12(7-10)13-8-11(18-2)4-6-15(13)16-14/h3-8,16H,1-2H3. The van der Waals surface area contributed by atoms with Crippen LogP contribution >= 0.6 is 0 Å². The molecule has 0 unspecified atom stereocenters. The Balaban J connectivity index is 2.37. The normalized spacial score (nSPS) is 11.0. The molecule has 0 saturated heterocycles. The molecule has 1 aromatic heterocycles. The van der Waals surface area contributed by atoms with Crippen LogP contribution in [-0.4, -0.2) is 17.9 Å². The van der Waals surface area contributed by atoms with E-state index in [2.05, 4.69) is 4.98 Å². The number of rotatable bonds is 2. The van der Waals surface area contributed by atoms with Crippen molar-refractivity contribution >= 4 is 27.6 Å². The van der Waals surface area contributed by atoms with Gasteiger partial charge in [-0.3, -0.25) is 4.79 Å². The zero-order valence-electron chi connectivity index (χ0n) is 10.3. The quantitative estimate of drug-likeness (QED) is 0.695. The average molecular weight is 239 g/mol. The first-order valence-electron chi connectivity index (χ1n) is 5.79. The minimum absolute atomic E-state index is 0.0779. The Morgan fingerprint density at radius 2 is 1.72 bits per heavy atom. The maximum absolute atomic E-state index is 11.4. The molecule has 0 atom stereocenters. The molecule has 0 aliphatic rings. The van der Waals surface area contributed by atoms with Gasteiger partial charge >= 0.3 is 0 Å². The molecule has 0 aliphatic heterocycles. The van der Waals surface area contributed by atoms with Crippen LogP contribution in [0.4, 0.5) is 0 Å². The van der Waals surface area contributed by atoms with Crippen LogP contribution in [-0.2, 0) is 0 Å². The molecule has 1 heterocycles. The van der Waals surface area contributed by atoms with Crippen LogP contribution in [0.2, 0.25) is 0 Å². The number of benzene rings is 2. The molecule has 2 aromatic carbocycles. The Morgan fingerprint density at radius 1 is 1.06 bits per heavy atom. The van der Waals surface area contributed by atoms with E-state index in [-0.39, 0.29) is 5.78 Å². The second-order valence-corrected chi connectivity index (χ2v) is 4.35. The van der Waals surface area contributed by atoms with Gasteiger partial charge in [0.25, 0.3) is 0 Å². The third-order valence-corrected chi connectivity index (χ3v) is 3.21. The van der Waals surface area contributed by atoms with Crippen molar-refractivity contribution in [3.05, 3.63) is 42.0 Å². The van der Waals surface area contributed by atoms with Gasteiger partial charge in [-0.2, -0.15) is 0 Å². The highest BCUT2D eigenvalue weighted by atomic mass is 16.5. The van der Waals surface area contributed by atoms with E-state index in [4.69, 9.17) is 4.74 Å². The largest absolute Gasteiger partial charge is 0.497 e. The smallest absolute Gasteiger partial charge is 0.159 e. The van der Waals surface area contributed by atoms with Crippen molar-refractivity contribution < 1.29 is 9.53 Å². The van der Waals surface area contributed by atoms with Gasteiger partial charge < -0.3 is 9.72 Å². The Bertz CT molecular complexity index is 756. The predicted octanol–water partition coefficient (Wildman–Crippen LogP) is 3.53. The lowest BCUT2D eigenvalue weighted by Crippen LogP contribution is -1.90. The van der Waals surface area contributed by atoms with Crippen LogP contribution < -0.4 is 4.74 Å². The second kappa shape index (κ2) is 3.88. The molecule has 3 rings (SSSR count). The third kappa shape index (κ3) is 1.56. The van der Waals surface area contributed by atoms with Gasteiger partial charge in [-0.25, -0.2) is 0 Å². The van der Waals surface area contributed by atoms with Crippen LogP contribution in [0.15, 0.2) is 36.4 Å². The van der Waals surface area contributed by atoms with Crippen molar-refractivity contribution in [2.24, 2.45) is 0 Å². The first-order chi connectivity index (χ1) is 8.69. The number of ether oxygens (including phenoxy) is 1. The van der Waals surface area contributed by atoms with Gasteiger partial charge in [0.15, 0.2) is 5.78 Å². The molecule has 0 aliphatic carbocycles. The first-order valence-corrected chi connectivity index (χ1v) is 5.79. The summed E-state index contributed by atoms with van der Waals surface area (Å²) in [6, 6.07) is 11.6. The molecular formula is C15H13NO2. The molecule has 18 heavy (non-hydrogen) atoms. The van der Waals surface area contributed by atoms with Crippen molar-refractivity contribution in [2.75, 3.05) is 7.11 Å². The number of Topliss-reactive ketones (excluding diaryl/α,β-unsaturated/α-hetero) is 1. The fourth-order valence-corrected chi connectivity index (χ4v) is 2.22. The van der Waals surface area contributed by atoms with Crippen LogP contribution in [0, 0.1) is 0 Å². The Kier molecular flexibility index (Phi) is 2.33.